The summed E-state index contributed by atoms with van der Waals surface area (Å²) in [5.74, 6) is 0.456. The predicted octanol–water partition coefficient (Wildman–Crippen LogP) is 2.06. The monoisotopic (exact) mass is 289 g/mol. The van der Waals surface area contributed by atoms with Crippen molar-refractivity contribution in [1.82, 2.24) is 4.90 Å². The third kappa shape index (κ3) is 2.86. The SMILES string of the molecule is COC(=O)[C@@H]1[C@@H]2CN(C(=O)OCc3ccccc3)CC[C@@H]21. The minimum atomic E-state index is -0.298. The van der Waals surface area contributed by atoms with Gasteiger partial charge in [0.2, 0.25) is 0 Å². The van der Waals surface area contributed by atoms with Gasteiger partial charge in [0, 0.05) is 13.1 Å². The van der Waals surface area contributed by atoms with Crippen LogP contribution in [0.25, 0.3) is 0 Å². The number of rotatable bonds is 3. The van der Waals surface area contributed by atoms with Gasteiger partial charge >= 0.3 is 12.1 Å². The first-order valence-corrected chi connectivity index (χ1v) is 7.24. The number of ether oxygens (including phenoxy) is 2. The highest BCUT2D eigenvalue weighted by Crippen LogP contribution is 2.52. The number of esters is 1. The Morgan fingerprint density at radius 2 is 2.00 bits per heavy atom. The van der Waals surface area contributed by atoms with Crippen LogP contribution in [0.3, 0.4) is 0 Å². The van der Waals surface area contributed by atoms with Gasteiger partial charge in [0.05, 0.1) is 13.0 Å². The maximum Gasteiger partial charge on any atom is 0.410 e. The van der Waals surface area contributed by atoms with E-state index in [1.807, 2.05) is 30.3 Å². The van der Waals surface area contributed by atoms with Crippen molar-refractivity contribution < 1.29 is 19.1 Å². The topological polar surface area (TPSA) is 55.8 Å². The van der Waals surface area contributed by atoms with E-state index in [9.17, 15) is 9.59 Å². The third-order valence-electron chi connectivity index (χ3n) is 4.43. The number of hydrogen-bond acceptors (Lipinski definition) is 4. The Bertz CT molecular complexity index is 530. The molecule has 0 N–H and O–H groups in total. The molecule has 112 valence electrons. The molecular weight excluding hydrogens is 270 g/mol. The van der Waals surface area contributed by atoms with Crippen LogP contribution in [0.4, 0.5) is 4.79 Å². The van der Waals surface area contributed by atoms with Crippen LogP contribution < -0.4 is 0 Å². The molecule has 1 aliphatic heterocycles. The Hall–Kier alpha value is -2.04. The van der Waals surface area contributed by atoms with Crippen LogP contribution in [0.5, 0.6) is 0 Å². The summed E-state index contributed by atoms with van der Waals surface area (Å²) >= 11 is 0. The van der Waals surface area contributed by atoms with E-state index in [2.05, 4.69) is 0 Å². The largest absolute Gasteiger partial charge is 0.469 e. The van der Waals surface area contributed by atoms with Gasteiger partial charge in [0.1, 0.15) is 6.61 Å². The van der Waals surface area contributed by atoms with Gasteiger partial charge in [-0.2, -0.15) is 0 Å². The number of nitrogens with zero attached hydrogens (tertiary/aromatic N) is 1. The Morgan fingerprint density at radius 3 is 2.71 bits per heavy atom. The number of fused-ring (bicyclic) bond motifs is 1. The van der Waals surface area contributed by atoms with Gasteiger partial charge in [-0.25, -0.2) is 4.79 Å². The lowest BCUT2D eigenvalue weighted by molar-refractivity contribution is -0.142. The zero-order chi connectivity index (χ0) is 14.8. The number of amides is 1. The van der Waals surface area contributed by atoms with Gasteiger partial charge in [-0.15, -0.1) is 0 Å². The van der Waals surface area contributed by atoms with Crippen molar-refractivity contribution in [3.63, 3.8) is 0 Å². The van der Waals surface area contributed by atoms with E-state index < -0.39 is 0 Å². The second-order valence-corrected chi connectivity index (χ2v) is 5.65. The van der Waals surface area contributed by atoms with E-state index in [-0.39, 0.29) is 30.5 Å². The van der Waals surface area contributed by atoms with Gasteiger partial charge in [-0.3, -0.25) is 4.79 Å². The third-order valence-corrected chi connectivity index (χ3v) is 4.43. The number of piperidine rings is 1. The number of carbonyl (C=O) groups excluding carboxylic acids is 2. The lowest BCUT2D eigenvalue weighted by Crippen LogP contribution is -2.37. The Morgan fingerprint density at radius 1 is 1.24 bits per heavy atom. The first-order valence-electron chi connectivity index (χ1n) is 7.24. The summed E-state index contributed by atoms with van der Waals surface area (Å²) in [4.78, 5) is 25.3. The summed E-state index contributed by atoms with van der Waals surface area (Å²) in [5.41, 5.74) is 0.972. The van der Waals surface area contributed by atoms with Crippen molar-refractivity contribution in [2.45, 2.75) is 13.0 Å². The first-order chi connectivity index (χ1) is 10.2. The summed E-state index contributed by atoms with van der Waals surface area (Å²) in [7, 11) is 1.42. The average Bonchev–Trinajstić information content (AvgIpc) is 3.26. The maximum absolute atomic E-state index is 12.1. The van der Waals surface area contributed by atoms with Gasteiger partial charge in [-0.05, 0) is 23.8 Å². The highest BCUT2D eigenvalue weighted by Gasteiger charge is 2.58. The van der Waals surface area contributed by atoms with Crippen LogP contribution in [-0.2, 0) is 20.9 Å². The molecule has 2 aliphatic rings. The van der Waals surface area contributed by atoms with E-state index in [1.165, 1.54) is 7.11 Å². The van der Waals surface area contributed by atoms with E-state index in [1.54, 1.807) is 4.90 Å². The minimum Gasteiger partial charge on any atom is -0.469 e. The normalized spacial score (nSPS) is 26.7. The molecule has 1 saturated heterocycles. The second kappa shape index (κ2) is 5.76. The molecule has 0 aromatic heterocycles. The molecule has 0 bridgehead atoms. The molecule has 3 rings (SSSR count). The summed E-state index contributed by atoms with van der Waals surface area (Å²) in [5, 5.41) is 0. The Kier molecular flexibility index (Phi) is 3.82. The van der Waals surface area contributed by atoms with Crippen LogP contribution in [0.2, 0.25) is 0 Å². The van der Waals surface area contributed by atoms with Gasteiger partial charge < -0.3 is 14.4 Å². The van der Waals surface area contributed by atoms with Crippen LogP contribution in [0.15, 0.2) is 30.3 Å². The molecule has 5 nitrogen and oxygen atoms in total. The standard InChI is InChI=1S/C16H19NO4/c1-20-15(18)14-12-7-8-17(9-13(12)14)16(19)21-10-11-5-3-2-4-6-11/h2-6,12-14H,7-10H2,1H3/t12-,13+,14-/m0/s1. The van der Waals surface area contributed by atoms with Crippen molar-refractivity contribution in [3.05, 3.63) is 35.9 Å². The summed E-state index contributed by atoms with van der Waals surface area (Å²) in [6, 6.07) is 9.61. The van der Waals surface area contributed by atoms with Crippen molar-refractivity contribution in [2.24, 2.45) is 17.8 Å². The Balaban J connectivity index is 1.50. The van der Waals surface area contributed by atoms with Gasteiger partial charge in [-0.1, -0.05) is 30.3 Å². The summed E-state index contributed by atoms with van der Waals surface area (Å²) < 4.78 is 10.1. The lowest BCUT2D eigenvalue weighted by Gasteiger charge is -2.25. The zero-order valence-corrected chi connectivity index (χ0v) is 12.0. The summed E-state index contributed by atoms with van der Waals surface area (Å²) in [6.07, 6.45) is 0.554. The number of benzene rings is 1. The highest BCUT2D eigenvalue weighted by molar-refractivity contribution is 5.77. The molecule has 1 heterocycles. The number of hydrogen-bond donors (Lipinski definition) is 0. The maximum atomic E-state index is 12.1. The molecule has 2 fully saturated rings. The highest BCUT2D eigenvalue weighted by atomic mass is 16.6. The number of methoxy groups -OCH3 is 1. The molecule has 21 heavy (non-hydrogen) atoms. The zero-order valence-electron chi connectivity index (χ0n) is 12.0. The van der Waals surface area contributed by atoms with Gasteiger partial charge in [0.15, 0.2) is 0 Å². The fourth-order valence-corrected chi connectivity index (χ4v) is 3.20. The summed E-state index contributed by atoms with van der Waals surface area (Å²) in [6.45, 7) is 1.53. The van der Waals surface area contributed by atoms with E-state index >= 15 is 0 Å². The second-order valence-electron chi connectivity index (χ2n) is 5.65. The first kappa shape index (κ1) is 13.9. The molecule has 5 heteroatoms. The predicted molar refractivity (Wildman–Crippen MR) is 75.3 cm³/mol. The fraction of sp³-hybridized carbons (Fsp3) is 0.500. The minimum absolute atomic E-state index is 0.0260. The molecule has 1 aliphatic carbocycles. The van der Waals surface area contributed by atoms with Crippen molar-refractivity contribution in [2.75, 3.05) is 20.2 Å². The van der Waals surface area contributed by atoms with Crippen LogP contribution in [0.1, 0.15) is 12.0 Å². The van der Waals surface area contributed by atoms with E-state index in [4.69, 9.17) is 9.47 Å². The molecule has 3 atom stereocenters. The van der Waals surface area contributed by atoms with Gasteiger partial charge in [0.25, 0.3) is 0 Å². The molecule has 0 unspecified atom stereocenters. The molecular formula is C16H19NO4. The number of carbonyl (C=O) groups is 2. The smallest absolute Gasteiger partial charge is 0.410 e. The molecule has 0 radical (unpaired) electrons. The quantitative estimate of drug-likeness (QED) is 0.799. The molecule has 1 amide bonds. The van der Waals surface area contributed by atoms with Crippen molar-refractivity contribution in [3.8, 4) is 0 Å². The van der Waals surface area contributed by atoms with Crippen molar-refractivity contribution >= 4 is 12.1 Å². The Labute approximate surface area is 123 Å². The average molecular weight is 289 g/mol. The van der Waals surface area contributed by atoms with E-state index in [0.717, 1.165) is 12.0 Å². The lowest BCUT2D eigenvalue weighted by atomic mass is 10.1. The van der Waals surface area contributed by atoms with Crippen LogP contribution in [-0.4, -0.2) is 37.2 Å². The number of likely N-dealkylation sites (tertiary alicyclic amines) is 1. The molecule has 0 spiro atoms. The molecule has 1 aromatic rings. The van der Waals surface area contributed by atoms with Crippen molar-refractivity contribution in [1.29, 1.82) is 0 Å². The molecule has 1 aromatic carbocycles. The van der Waals surface area contributed by atoms with Crippen LogP contribution in [0, 0.1) is 17.8 Å². The van der Waals surface area contributed by atoms with Crippen LogP contribution >= 0.6 is 0 Å². The van der Waals surface area contributed by atoms with E-state index in [0.29, 0.717) is 19.0 Å². The fourth-order valence-electron chi connectivity index (χ4n) is 3.20. The molecule has 1 saturated carbocycles.